The molecule has 0 atom stereocenters. The van der Waals surface area contributed by atoms with E-state index in [1.807, 2.05) is 6.08 Å². The number of carboxylic acid groups (broad SMARTS) is 1. The minimum absolute atomic E-state index is 0.130. The Bertz CT molecular complexity index is 939. The van der Waals surface area contributed by atoms with Gasteiger partial charge in [-0.2, -0.15) is 0 Å². The molecule has 0 spiro atoms. The lowest BCUT2D eigenvalue weighted by Crippen LogP contribution is -2.34. The number of carbonyl (C=O) groups excluding carboxylic acids is 1. The van der Waals surface area contributed by atoms with Gasteiger partial charge < -0.3 is 20.1 Å². The SMILES string of the molecule is O=C(O)c1cccc(OCC2CCN(C3=CCC=C(NC(=O)C4CCCCC4)C=N3)CC2)c1. The van der Waals surface area contributed by atoms with E-state index in [9.17, 15) is 9.59 Å². The second kappa shape index (κ2) is 11.2. The van der Waals surface area contributed by atoms with Crippen LogP contribution in [0.1, 0.15) is 61.7 Å². The molecule has 0 unspecified atom stereocenters. The molecule has 3 aliphatic rings. The number of amides is 1. The van der Waals surface area contributed by atoms with Crippen LogP contribution in [-0.2, 0) is 4.79 Å². The molecule has 1 saturated carbocycles. The molecular formula is C26H33N3O4. The predicted octanol–water partition coefficient (Wildman–Crippen LogP) is 4.37. The number of carboxylic acids is 1. The summed E-state index contributed by atoms with van der Waals surface area (Å²) in [7, 11) is 0. The molecule has 1 aliphatic carbocycles. The van der Waals surface area contributed by atoms with Gasteiger partial charge in [-0.15, -0.1) is 0 Å². The van der Waals surface area contributed by atoms with E-state index in [2.05, 4.69) is 21.3 Å². The zero-order valence-corrected chi connectivity index (χ0v) is 19.0. The molecule has 0 bridgehead atoms. The molecule has 2 aliphatic heterocycles. The Morgan fingerprint density at radius 3 is 2.64 bits per heavy atom. The Kier molecular flexibility index (Phi) is 7.81. The number of piperidine rings is 1. The molecule has 1 saturated heterocycles. The molecule has 1 amide bonds. The van der Waals surface area contributed by atoms with Crippen LogP contribution in [0.3, 0.4) is 0 Å². The zero-order chi connectivity index (χ0) is 23.0. The van der Waals surface area contributed by atoms with Crippen LogP contribution in [0.25, 0.3) is 0 Å². The van der Waals surface area contributed by atoms with Crippen molar-refractivity contribution in [2.24, 2.45) is 16.8 Å². The van der Waals surface area contributed by atoms with Crippen LogP contribution in [0.4, 0.5) is 0 Å². The topological polar surface area (TPSA) is 91.2 Å². The largest absolute Gasteiger partial charge is 0.493 e. The van der Waals surface area contributed by atoms with Crippen molar-refractivity contribution >= 4 is 18.1 Å². The number of likely N-dealkylation sites (tertiary alicyclic amines) is 1. The number of benzene rings is 1. The number of aliphatic imine (C=N–C) groups is 1. The van der Waals surface area contributed by atoms with Crippen molar-refractivity contribution in [2.45, 2.75) is 51.4 Å². The molecule has 1 aromatic carbocycles. The summed E-state index contributed by atoms with van der Waals surface area (Å²) in [6, 6.07) is 6.64. The number of allylic oxidation sites excluding steroid dienone is 3. The van der Waals surface area contributed by atoms with E-state index >= 15 is 0 Å². The predicted molar refractivity (Wildman–Crippen MR) is 127 cm³/mol. The molecule has 4 rings (SSSR count). The fraction of sp³-hybridized carbons (Fsp3) is 0.500. The van der Waals surface area contributed by atoms with E-state index < -0.39 is 5.97 Å². The maximum absolute atomic E-state index is 12.5. The summed E-state index contributed by atoms with van der Waals surface area (Å²) in [5.41, 5.74) is 1.03. The molecule has 7 heteroatoms. The van der Waals surface area contributed by atoms with Gasteiger partial charge in [0.2, 0.25) is 5.91 Å². The van der Waals surface area contributed by atoms with Crippen LogP contribution < -0.4 is 10.1 Å². The smallest absolute Gasteiger partial charge is 0.335 e. The summed E-state index contributed by atoms with van der Waals surface area (Å²) in [6.07, 6.45) is 14.2. The number of aromatic carboxylic acids is 1. The Hall–Kier alpha value is -3.09. The van der Waals surface area contributed by atoms with Crippen LogP contribution in [0, 0.1) is 11.8 Å². The highest BCUT2D eigenvalue weighted by molar-refractivity contribution is 5.89. The highest BCUT2D eigenvalue weighted by atomic mass is 16.5. The summed E-state index contributed by atoms with van der Waals surface area (Å²) in [6.45, 7) is 2.38. The number of nitrogens with zero attached hydrogens (tertiary/aromatic N) is 2. The highest BCUT2D eigenvalue weighted by Gasteiger charge is 2.23. The number of rotatable bonds is 7. The summed E-state index contributed by atoms with van der Waals surface area (Å²) in [5, 5.41) is 12.2. The Morgan fingerprint density at radius 1 is 1.09 bits per heavy atom. The average molecular weight is 452 g/mol. The zero-order valence-electron chi connectivity index (χ0n) is 19.0. The van der Waals surface area contributed by atoms with E-state index in [4.69, 9.17) is 9.84 Å². The normalized spacial score (nSPS) is 19.9. The first-order chi connectivity index (χ1) is 16.1. The molecule has 176 valence electrons. The minimum Gasteiger partial charge on any atom is -0.493 e. The van der Waals surface area contributed by atoms with Gasteiger partial charge in [-0.3, -0.25) is 4.79 Å². The summed E-state index contributed by atoms with van der Waals surface area (Å²) in [5.74, 6) is 1.30. The molecule has 2 heterocycles. The summed E-state index contributed by atoms with van der Waals surface area (Å²) in [4.78, 5) is 30.6. The number of hydrogen-bond donors (Lipinski definition) is 2. The Balaban J connectivity index is 1.22. The van der Waals surface area contributed by atoms with Crippen LogP contribution >= 0.6 is 0 Å². The van der Waals surface area contributed by atoms with Gasteiger partial charge in [-0.25, -0.2) is 9.79 Å². The van der Waals surface area contributed by atoms with Gasteiger partial charge in [0.25, 0.3) is 0 Å². The maximum atomic E-state index is 12.5. The van der Waals surface area contributed by atoms with E-state index in [0.717, 1.165) is 69.6 Å². The average Bonchev–Trinajstić information content (AvgIpc) is 3.09. The van der Waals surface area contributed by atoms with Crippen molar-refractivity contribution in [3.05, 3.63) is 53.5 Å². The molecule has 0 aromatic heterocycles. The third-order valence-electron chi connectivity index (χ3n) is 6.72. The van der Waals surface area contributed by atoms with Crippen molar-refractivity contribution in [3.8, 4) is 5.75 Å². The van der Waals surface area contributed by atoms with Gasteiger partial charge in [0.1, 0.15) is 11.6 Å². The molecule has 1 aromatic rings. The second-order valence-electron chi connectivity index (χ2n) is 9.11. The Morgan fingerprint density at radius 2 is 1.88 bits per heavy atom. The van der Waals surface area contributed by atoms with Crippen molar-refractivity contribution in [1.29, 1.82) is 0 Å². The summed E-state index contributed by atoms with van der Waals surface area (Å²) < 4.78 is 5.86. The lowest BCUT2D eigenvalue weighted by atomic mass is 9.88. The van der Waals surface area contributed by atoms with Crippen LogP contribution in [0.2, 0.25) is 0 Å². The van der Waals surface area contributed by atoms with Gasteiger partial charge in [-0.1, -0.05) is 31.4 Å². The van der Waals surface area contributed by atoms with E-state index in [1.54, 1.807) is 30.5 Å². The van der Waals surface area contributed by atoms with Crippen LogP contribution in [0.15, 0.2) is 52.9 Å². The minimum atomic E-state index is -0.947. The number of carbonyl (C=O) groups is 2. The lowest BCUT2D eigenvalue weighted by molar-refractivity contribution is -0.125. The molecule has 0 radical (unpaired) electrons. The highest BCUT2D eigenvalue weighted by Crippen LogP contribution is 2.25. The number of hydrogen-bond acceptors (Lipinski definition) is 5. The van der Waals surface area contributed by atoms with Gasteiger partial charge in [-0.05, 0) is 62.3 Å². The molecule has 7 nitrogen and oxygen atoms in total. The number of ether oxygens (including phenoxy) is 1. The second-order valence-corrected chi connectivity index (χ2v) is 9.11. The molecule has 33 heavy (non-hydrogen) atoms. The van der Waals surface area contributed by atoms with E-state index in [-0.39, 0.29) is 17.4 Å². The summed E-state index contributed by atoms with van der Waals surface area (Å²) >= 11 is 0. The third kappa shape index (κ3) is 6.46. The maximum Gasteiger partial charge on any atom is 0.335 e. The van der Waals surface area contributed by atoms with E-state index in [1.165, 1.54) is 6.42 Å². The van der Waals surface area contributed by atoms with Gasteiger partial charge in [0.15, 0.2) is 0 Å². The van der Waals surface area contributed by atoms with Gasteiger partial charge in [0.05, 0.1) is 24.1 Å². The van der Waals surface area contributed by atoms with Gasteiger partial charge >= 0.3 is 5.97 Å². The monoisotopic (exact) mass is 451 g/mol. The molecule has 2 fully saturated rings. The third-order valence-corrected chi connectivity index (χ3v) is 6.72. The standard InChI is InChI=1S/C26H33N3O4/c30-25(20-6-2-1-3-7-20)28-22-9-5-11-24(27-17-22)29-14-12-19(13-15-29)18-33-23-10-4-8-21(16-23)26(31)32/h4,8-11,16-17,19-20H,1-3,5-7,12-15,18H2,(H,28,30)(H,31,32). The first-order valence-electron chi connectivity index (χ1n) is 12.0. The Labute approximate surface area is 195 Å². The van der Waals surface area contributed by atoms with Crippen molar-refractivity contribution in [2.75, 3.05) is 19.7 Å². The quantitative estimate of drug-likeness (QED) is 0.642. The first-order valence-corrected chi connectivity index (χ1v) is 12.0. The first kappa shape index (κ1) is 23.1. The van der Waals surface area contributed by atoms with Gasteiger partial charge in [0, 0.05) is 19.0 Å². The number of nitrogens with one attached hydrogen (secondary N) is 1. The fourth-order valence-electron chi connectivity index (χ4n) is 4.70. The molecular weight excluding hydrogens is 418 g/mol. The fourth-order valence-corrected chi connectivity index (χ4v) is 4.70. The van der Waals surface area contributed by atoms with Crippen molar-refractivity contribution in [1.82, 2.24) is 10.2 Å². The van der Waals surface area contributed by atoms with Crippen molar-refractivity contribution < 1.29 is 19.4 Å². The van der Waals surface area contributed by atoms with Crippen molar-refractivity contribution in [3.63, 3.8) is 0 Å². The van der Waals surface area contributed by atoms with Crippen LogP contribution in [0.5, 0.6) is 5.75 Å². The van der Waals surface area contributed by atoms with E-state index in [0.29, 0.717) is 18.3 Å². The van der Waals surface area contributed by atoms with Crippen LogP contribution in [-0.4, -0.2) is 47.8 Å². The lowest BCUT2D eigenvalue weighted by Gasteiger charge is -2.33. The molecule has 2 N–H and O–H groups in total.